The Morgan fingerprint density at radius 1 is 1.48 bits per heavy atom. The molecule has 0 bridgehead atoms. The van der Waals surface area contributed by atoms with Crippen LogP contribution in [0.25, 0.3) is 0 Å². The summed E-state index contributed by atoms with van der Waals surface area (Å²) in [5.74, 6) is 0.453. The van der Waals surface area contributed by atoms with Gasteiger partial charge in [-0.3, -0.25) is 9.48 Å². The number of hydrogen-bond donors (Lipinski definition) is 2. The van der Waals surface area contributed by atoms with Crippen LogP contribution in [-0.2, 0) is 18.3 Å². The Morgan fingerprint density at radius 2 is 2.24 bits per heavy atom. The van der Waals surface area contributed by atoms with Crippen molar-refractivity contribution in [2.75, 3.05) is 5.32 Å². The molecule has 21 heavy (non-hydrogen) atoms. The van der Waals surface area contributed by atoms with E-state index in [1.807, 2.05) is 25.1 Å². The highest BCUT2D eigenvalue weighted by Gasteiger charge is 2.13. The molecule has 6 heteroatoms. The molecule has 1 aromatic carbocycles. The van der Waals surface area contributed by atoms with Crippen LogP contribution < -0.4 is 11.1 Å². The van der Waals surface area contributed by atoms with Gasteiger partial charge in [0.25, 0.3) is 0 Å². The summed E-state index contributed by atoms with van der Waals surface area (Å²) in [7, 11) is 1.73. The number of nitrogens with one attached hydrogen (secondary N) is 1. The monoisotopic (exact) mass is 302 g/mol. The predicted octanol–water partition coefficient (Wildman–Crippen LogP) is 1.93. The third-order valence-corrected chi connectivity index (χ3v) is 3.41. The van der Waals surface area contributed by atoms with Crippen molar-refractivity contribution < 1.29 is 4.79 Å². The first-order valence-electron chi connectivity index (χ1n) is 6.64. The van der Waals surface area contributed by atoms with Crippen LogP contribution >= 0.6 is 12.2 Å². The molecule has 0 aliphatic rings. The van der Waals surface area contributed by atoms with Gasteiger partial charge in [0.05, 0.1) is 11.8 Å². The van der Waals surface area contributed by atoms with Crippen LogP contribution in [0.4, 0.5) is 5.82 Å². The Balaban J connectivity index is 1.99. The molecule has 0 atom stereocenters. The highest BCUT2D eigenvalue weighted by atomic mass is 32.1. The minimum atomic E-state index is -0.0855. The van der Waals surface area contributed by atoms with Crippen molar-refractivity contribution in [2.24, 2.45) is 12.8 Å². The SMILES string of the molecule is Cc1cccc(CCC(=O)Nc2c(C(N)=S)cnn2C)c1. The lowest BCUT2D eigenvalue weighted by molar-refractivity contribution is -0.116. The fourth-order valence-electron chi connectivity index (χ4n) is 2.09. The molecular formula is C15H18N4OS. The fraction of sp³-hybridized carbons (Fsp3) is 0.267. The van der Waals surface area contributed by atoms with Gasteiger partial charge in [-0.25, -0.2) is 0 Å². The van der Waals surface area contributed by atoms with Gasteiger partial charge < -0.3 is 11.1 Å². The Labute approximate surface area is 129 Å². The first-order valence-corrected chi connectivity index (χ1v) is 7.05. The van der Waals surface area contributed by atoms with Crippen LogP contribution in [0.15, 0.2) is 30.5 Å². The van der Waals surface area contributed by atoms with E-state index < -0.39 is 0 Å². The number of benzene rings is 1. The quantitative estimate of drug-likeness (QED) is 0.828. The number of amides is 1. The van der Waals surface area contributed by atoms with E-state index in [1.165, 1.54) is 5.56 Å². The van der Waals surface area contributed by atoms with Crippen LogP contribution in [0, 0.1) is 6.92 Å². The van der Waals surface area contributed by atoms with Crippen LogP contribution in [0.1, 0.15) is 23.1 Å². The van der Waals surface area contributed by atoms with Crippen molar-refractivity contribution in [3.8, 4) is 0 Å². The number of hydrogen-bond acceptors (Lipinski definition) is 3. The summed E-state index contributed by atoms with van der Waals surface area (Å²) in [5.41, 5.74) is 8.53. The van der Waals surface area contributed by atoms with Crippen molar-refractivity contribution in [2.45, 2.75) is 19.8 Å². The van der Waals surface area contributed by atoms with Gasteiger partial charge in [0.15, 0.2) is 0 Å². The van der Waals surface area contributed by atoms with Crippen LogP contribution in [0.3, 0.4) is 0 Å². The molecule has 0 fully saturated rings. The standard InChI is InChI=1S/C15H18N4OS/c1-10-4-3-5-11(8-10)6-7-13(20)18-15-12(14(16)21)9-17-19(15)2/h3-5,8-9H,6-7H2,1-2H3,(H2,16,21)(H,18,20). The minimum absolute atomic E-state index is 0.0855. The molecular weight excluding hydrogens is 284 g/mol. The Bertz CT molecular complexity index is 678. The zero-order valence-electron chi connectivity index (χ0n) is 12.1. The average molecular weight is 302 g/mol. The van der Waals surface area contributed by atoms with Gasteiger partial charge in [-0.15, -0.1) is 0 Å². The maximum Gasteiger partial charge on any atom is 0.225 e. The Morgan fingerprint density at radius 3 is 2.90 bits per heavy atom. The highest BCUT2D eigenvalue weighted by molar-refractivity contribution is 7.80. The Hall–Kier alpha value is -2.21. The molecule has 1 aromatic heterocycles. The molecule has 1 heterocycles. The molecule has 5 nitrogen and oxygen atoms in total. The van der Waals surface area contributed by atoms with Crippen molar-refractivity contribution in [1.29, 1.82) is 0 Å². The van der Waals surface area contributed by atoms with Gasteiger partial charge in [0.1, 0.15) is 10.8 Å². The number of carbonyl (C=O) groups is 1. The van der Waals surface area contributed by atoms with E-state index in [2.05, 4.69) is 16.5 Å². The molecule has 0 saturated heterocycles. The first kappa shape index (κ1) is 15.2. The molecule has 2 aromatic rings. The summed E-state index contributed by atoms with van der Waals surface area (Å²) in [5, 5.41) is 6.87. The molecule has 1 amide bonds. The van der Waals surface area contributed by atoms with Crippen molar-refractivity contribution >= 4 is 28.9 Å². The number of rotatable bonds is 5. The second kappa shape index (κ2) is 6.49. The van der Waals surface area contributed by atoms with E-state index in [4.69, 9.17) is 18.0 Å². The molecule has 0 saturated carbocycles. The van der Waals surface area contributed by atoms with E-state index in [-0.39, 0.29) is 10.9 Å². The van der Waals surface area contributed by atoms with Crippen molar-refractivity contribution in [1.82, 2.24) is 9.78 Å². The highest BCUT2D eigenvalue weighted by Crippen LogP contribution is 2.14. The van der Waals surface area contributed by atoms with E-state index in [0.29, 0.717) is 24.2 Å². The summed E-state index contributed by atoms with van der Waals surface area (Å²) in [6.07, 6.45) is 2.64. The molecule has 0 aliphatic carbocycles. The number of anilines is 1. The predicted molar refractivity (Wildman–Crippen MR) is 87.2 cm³/mol. The zero-order chi connectivity index (χ0) is 15.4. The second-order valence-corrected chi connectivity index (χ2v) is 5.37. The lowest BCUT2D eigenvalue weighted by Crippen LogP contribution is -2.19. The number of aromatic nitrogens is 2. The average Bonchev–Trinajstić information content (AvgIpc) is 2.78. The van der Waals surface area contributed by atoms with Crippen molar-refractivity contribution in [3.05, 3.63) is 47.2 Å². The number of nitrogens with two attached hydrogens (primary N) is 1. The summed E-state index contributed by atoms with van der Waals surface area (Å²) < 4.78 is 1.55. The molecule has 0 radical (unpaired) electrons. The van der Waals surface area contributed by atoms with Gasteiger partial charge in [0.2, 0.25) is 5.91 Å². The van der Waals surface area contributed by atoms with E-state index in [0.717, 1.165) is 5.56 Å². The van der Waals surface area contributed by atoms with Gasteiger partial charge in [-0.05, 0) is 18.9 Å². The lowest BCUT2D eigenvalue weighted by Gasteiger charge is -2.08. The number of carbonyl (C=O) groups excluding carboxylic acids is 1. The van der Waals surface area contributed by atoms with Crippen molar-refractivity contribution in [3.63, 3.8) is 0 Å². The summed E-state index contributed by atoms with van der Waals surface area (Å²) in [6.45, 7) is 2.04. The van der Waals surface area contributed by atoms with Crippen LogP contribution in [0.5, 0.6) is 0 Å². The summed E-state index contributed by atoms with van der Waals surface area (Å²) in [6, 6.07) is 8.13. The lowest BCUT2D eigenvalue weighted by atomic mass is 10.1. The first-order chi connectivity index (χ1) is 9.97. The summed E-state index contributed by atoms with van der Waals surface area (Å²) in [4.78, 5) is 12.3. The number of nitrogens with zero attached hydrogens (tertiary/aromatic N) is 2. The van der Waals surface area contributed by atoms with Gasteiger partial charge in [-0.1, -0.05) is 42.0 Å². The molecule has 0 aliphatic heterocycles. The van der Waals surface area contributed by atoms with Gasteiger partial charge in [-0.2, -0.15) is 5.10 Å². The maximum absolute atomic E-state index is 12.1. The smallest absolute Gasteiger partial charge is 0.225 e. The van der Waals surface area contributed by atoms with E-state index in [1.54, 1.807) is 17.9 Å². The van der Waals surface area contributed by atoms with E-state index in [9.17, 15) is 4.79 Å². The van der Waals surface area contributed by atoms with Gasteiger partial charge in [0, 0.05) is 13.5 Å². The third kappa shape index (κ3) is 3.88. The van der Waals surface area contributed by atoms with Gasteiger partial charge >= 0.3 is 0 Å². The third-order valence-electron chi connectivity index (χ3n) is 3.19. The normalized spacial score (nSPS) is 10.4. The van der Waals surface area contributed by atoms with Crippen LogP contribution in [-0.4, -0.2) is 20.7 Å². The van der Waals surface area contributed by atoms with Crippen LogP contribution in [0.2, 0.25) is 0 Å². The largest absolute Gasteiger partial charge is 0.389 e. The topological polar surface area (TPSA) is 72.9 Å². The fourth-order valence-corrected chi connectivity index (χ4v) is 2.24. The molecule has 0 spiro atoms. The Kier molecular flexibility index (Phi) is 4.70. The number of aryl methyl sites for hydroxylation is 3. The second-order valence-electron chi connectivity index (χ2n) is 4.93. The maximum atomic E-state index is 12.1. The summed E-state index contributed by atoms with van der Waals surface area (Å²) >= 11 is 4.94. The number of thiocarbonyl (C=S) groups is 1. The molecule has 3 N–H and O–H groups in total. The molecule has 110 valence electrons. The molecule has 0 unspecified atom stereocenters. The zero-order valence-corrected chi connectivity index (χ0v) is 12.9. The van der Waals surface area contributed by atoms with E-state index >= 15 is 0 Å². The minimum Gasteiger partial charge on any atom is -0.389 e. The molecule has 2 rings (SSSR count).